The van der Waals surface area contributed by atoms with E-state index >= 15 is 0 Å². The van der Waals surface area contributed by atoms with Crippen molar-refractivity contribution in [3.63, 3.8) is 0 Å². The number of nitrogens with zero attached hydrogens (tertiary/aromatic N) is 1. The van der Waals surface area contributed by atoms with Crippen LogP contribution in [0.1, 0.15) is 40.0 Å². The number of rotatable bonds is 6. The summed E-state index contributed by atoms with van der Waals surface area (Å²) < 4.78 is 17.0. The van der Waals surface area contributed by atoms with Gasteiger partial charge in [-0.15, -0.1) is 0 Å². The fourth-order valence-electron chi connectivity index (χ4n) is 3.66. The average Bonchev–Trinajstić information content (AvgIpc) is 2.23. The first-order chi connectivity index (χ1) is 9.39. The van der Waals surface area contributed by atoms with Gasteiger partial charge >= 0.3 is 0 Å². The molecule has 1 rings (SSSR count). The van der Waals surface area contributed by atoms with Crippen LogP contribution in [-0.2, 0) is 9.09 Å². The second kappa shape index (κ2) is 7.10. The van der Waals surface area contributed by atoms with E-state index in [0.717, 1.165) is 12.8 Å². The van der Waals surface area contributed by atoms with Gasteiger partial charge in [-0.1, -0.05) is 27.2 Å². The summed E-state index contributed by atoms with van der Waals surface area (Å²) in [7, 11) is 1.33. The van der Waals surface area contributed by atoms with Gasteiger partial charge in [0.15, 0.2) is 0 Å². The predicted octanol–water partition coefficient (Wildman–Crippen LogP) is 2.25. The van der Waals surface area contributed by atoms with Crippen molar-refractivity contribution in [2.75, 3.05) is 27.7 Å². The van der Waals surface area contributed by atoms with Gasteiger partial charge in [-0.05, 0) is 36.5 Å². The summed E-state index contributed by atoms with van der Waals surface area (Å²) in [5.74, 6) is 1.70. The summed E-state index contributed by atoms with van der Waals surface area (Å²) >= 11 is 0. The first kappa shape index (κ1) is 19.1. The molecule has 0 aromatic heterocycles. The maximum absolute atomic E-state index is 11.3. The molecule has 1 saturated carbocycles. The zero-order valence-corrected chi connectivity index (χ0v) is 15.2. The summed E-state index contributed by atoms with van der Waals surface area (Å²) in [5, 5.41) is 0. The van der Waals surface area contributed by atoms with Gasteiger partial charge < -0.3 is 18.8 Å². The standard InChI is InChI=1S/C15H32NO4P/c1-11(2)13-8-7-12(3)9-14(13)15(10-16(4,5)6)20-21(17,18)19/h11-15H,7-10H2,1-6H3,(H-,17,18,19). The van der Waals surface area contributed by atoms with Crippen LogP contribution in [0.4, 0.5) is 0 Å². The molecule has 0 spiro atoms. The fourth-order valence-corrected chi connectivity index (χ4v) is 4.23. The number of hydrogen-bond acceptors (Lipinski definition) is 3. The highest BCUT2D eigenvalue weighted by Crippen LogP contribution is 2.44. The lowest BCUT2D eigenvalue weighted by Gasteiger charge is -2.43. The Hall–Kier alpha value is 0.0700. The third-order valence-electron chi connectivity index (χ3n) is 4.55. The number of likely N-dealkylation sites (N-methyl/N-ethyl adjacent to an activating group) is 1. The van der Waals surface area contributed by atoms with Gasteiger partial charge in [0.05, 0.1) is 21.1 Å². The lowest BCUT2D eigenvalue weighted by atomic mass is 9.68. The van der Waals surface area contributed by atoms with E-state index in [4.69, 9.17) is 4.52 Å². The van der Waals surface area contributed by atoms with Gasteiger partial charge in [0.1, 0.15) is 12.6 Å². The van der Waals surface area contributed by atoms with Crippen LogP contribution in [0.15, 0.2) is 0 Å². The van der Waals surface area contributed by atoms with E-state index in [1.165, 1.54) is 6.42 Å². The third-order valence-corrected chi connectivity index (χ3v) is 5.08. The molecule has 5 nitrogen and oxygen atoms in total. The van der Waals surface area contributed by atoms with Gasteiger partial charge in [-0.2, -0.15) is 0 Å². The molecule has 21 heavy (non-hydrogen) atoms. The summed E-state index contributed by atoms with van der Waals surface area (Å²) in [4.78, 5) is 20.5. The summed E-state index contributed by atoms with van der Waals surface area (Å²) in [5.41, 5.74) is 0. The van der Waals surface area contributed by atoms with Gasteiger partial charge in [0.2, 0.25) is 0 Å². The van der Waals surface area contributed by atoms with E-state index in [2.05, 4.69) is 20.8 Å². The van der Waals surface area contributed by atoms with Crippen molar-refractivity contribution in [3.8, 4) is 0 Å². The van der Waals surface area contributed by atoms with Gasteiger partial charge in [-0.25, -0.2) is 0 Å². The smallest absolute Gasteiger partial charge is 0.265 e. The molecule has 0 heterocycles. The molecular formula is C15H32NO4P. The van der Waals surface area contributed by atoms with Crippen molar-refractivity contribution in [2.45, 2.75) is 46.1 Å². The van der Waals surface area contributed by atoms with Crippen LogP contribution in [0.2, 0.25) is 0 Å². The highest BCUT2D eigenvalue weighted by Gasteiger charge is 2.40. The fraction of sp³-hybridized carbons (Fsp3) is 1.00. The lowest BCUT2D eigenvalue weighted by molar-refractivity contribution is -0.873. The van der Waals surface area contributed by atoms with Crippen LogP contribution < -0.4 is 4.89 Å². The molecule has 6 heteroatoms. The van der Waals surface area contributed by atoms with Crippen LogP contribution in [0.25, 0.3) is 0 Å². The molecule has 0 amide bonds. The van der Waals surface area contributed by atoms with E-state index in [-0.39, 0.29) is 5.92 Å². The van der Waals surface area contributed by atoms with Gasteiger partial charge in [0.25, 0.3) is 7.82 Å². The maximum Gasteiger partial charge on any atom is 0.265 e. The highest BCUT2D eigenvalue weighted by molar-refractivity contribution is 7.44. The van der Waals surface area contributed by atoms with Crippen LogP contribution in [0, 0.1) is 23.7 Å². The molecule has 0 bridgehead atoms. The number of quaternary nitrogens is 1. The minimum Gasteiger partial charge on any atom is -0.756 e. The van der Waals surface area contributed by atoms with Crippen LogP contribution in [0.3, 0.4) is 0 Å². The number of hydrogen-bond donors (Lipinski definition) is 1. The van der Waals surface area contributed by atoms with Crippen molar-refractivity contribution in [1.82, 2.24) is 0 Å². The van der Waals surface area contributed by atoms with Crippen LogP contribution >= 0.6 is 7.82 Å². The Morgan fingerprint density at radius 2 is 1.86 bits per heavy atom. The summed E-state index contributed by atoms with van der Waals surface area (Å²) in [6.45, 7) is 7.16. The van der Waals surface area contributed by atoms with Gasteiger partial charge in [-0.3, -0.25) is 4.57 Å². The zero-order chi connectivity index (χ0) is 16.4. The Bertz CT molecular complexity index is 374. The normalized spacial score (nSPS) is 32.0. The molecule has 0 radical (unpaired) electrons. The maximum atomic E-state index is 11.3. The van der Waals surface area contributed by atoms with E-state index in [1.807, 2.05) is 21.1 Å². The van der Waals surface area contributed by atoms with Crippen molar-refractivity contribution >= 4 is 7.82 Å². The Morgan fingerprint density at radius 3 is 2.29 bits per heavy atom. The minimum absolute atomic E-state index is 0.181. The van der Waals surface area contributed by atoms with E-state index in [9.17, 15) is 14.4 Å². The Balaban J connectivity index is 2.99. The Labute approximate surface area is 129 Å². The molecule has 1 aliphatic carbocycles. The van der Waals surface area contributed by atoms with E-state index in [0.29, 0.717) is 28.8 Å². The number of phosphoric acid groups is 1. The van der Waals surface area contributed by atoms with Gasteiger partial charge in [0, 0.05) is 0 Å². The molecule has 5 unspecified atom stereocenters. The van der Waals surface area contributed by atoms with Crippen molar-refractivity contribution < 1.29 is 23.4 Å². The second-order valence-corrected chi connectivity index (χ2v) is 9.22. The second-order valence-electron chi connectivity index (χ2n) is 8.08. The molecule has 1 aliphatic rings. The van der Waals surface area contributed by atoms with Crippen LogP contribution in [-0.4, -0.2) is 43.2 Å². The molecule has 0 saturated heterocycles. The van der Waals surface area contributed by atoms with Crippen molar-refractivity contribution in [1.29, 1.82) is 0 Å². The largest absolute Gasteiger partial charge is 0.756 e. The Kier molecular flexibility index (Phi) is 6.46. The Morgan fingerprint density at radius 1 is 1.29 bits per heavy atom. The van der Waals surface area contributed by atoms with Crippen molar-refractivity contribution in [2.24, 2.45) is 23.7 Å². The minimum atomic E-state index is -4.71. The summed E-state index contributed by atoms with van der Waals surface area (Å²) in [6.07, 6.45) is 2.81. The van der Waals surface area contributed by atoms with Crippen LogP contribution in [0.5, 0.6) is 0 Å². The topological polar surface area (TPSA) is 69.6 Å². The first-order valence-electron chi connectivity index (χ1n) is 7.91. The SMILES string of the molecule is CC1CCC(C(C)C)C(C(C[N+](C)(C)C)OP(=O)([O-])O)C1. The third kappa shape index (κ3) is 6.79. The molecule has 1 fully saturated rings. The molecule has 5 atom stereocenters. The monoisotopic (exact) mass is 321 g/mol. The van der Waals surface area contributed by atoms with E-state index < -0.39 is 13.9 Å². The predicted molar refractivity (Wildman–Crippen MR) is 82.4 cm³/mol. The highest BCUT2D eigenvalue weighted by atomic mass is 31.2. The molecule has 0 aromatic carbocycles. The first-order valence-corrected chi connectivity index (χ1v) is 9.41. The average molecular weight is 321 g/mol. The molecule has 0 aromatic rings. The number of phosphoric ester groups is 1. The quantitative estimate of drug-likeness (QED) is 0.602. The van der Waals surface area contributed by atoms with Crippen molar-refractivity contribution in [3.05, 3.63) is 0 Å². The molecule has 126 valence electrons. The summed E-state index contributed by atoms with van der Waals surface area (Å²) in [6, 6.07) is 0. The lowest BCUT2D eigenvalue weighted by Crippen LogP contribution is -2.48. The molecule has 1 N–H and O–H groups in total. The molecule has 0 aliphatic heterocycles. The molecular weight excluding hydrogens is 289 g/mol. The van der Waals surface area contributed by atoms with E-state index in [1.54, 1.807) is 0 Å². The zero-order valence-electron chi connectivity index (χ0n) is 14.3.